The summed E-state index contributed by atoms with van der Waals surface area (Å²) in [6.07, 6.45) is 2.63. The van der Waals surface area contributed by atoms with E-state index in [-0.39, 0.29) is 0 Å². The second-order valence-corrected chi connectivity index (χ2v) is 5.54. The van der Waals surface area contributed by atoms with E-state index in [1.807, 2.05) is 36.4 Å². The molecule has 0 atom stereocenters. The van der Waals surface area contributed by atoms with Gasteiger partial charge in [0.25, 0.3) is 0 Å². The predicted molar refractivity (Wildman–Crippen MR) is 88.7 cm³/mol. The molecule has 3 rings (SSSR count). The molecule has 4 heteroatoms. The molecule has 1 heterocycles. The van der Waals surface area contributed by atoms with E-state index < -0.39 is 0 Å². The van der Waals surface area contributed by atoms with E-state index in [1.54, 1.807) is 6.20 Å². The molecule has 0 radical (unpaired) electrons. The summed E-state index contributed by atoms with van der Waals surface area (Å²) in [5.41, 5.74) is 6.64. The minimum atomic E-state index is 0.576. The second kappa shape index (κ2) is 6.24. The van der Waals surface area contributed by atoms with Gasteiger partial charge in [0.2, 0.25) is 5.88 Å². The molecule has 3 nitrogen and oxygen atoms in total. The van der Waals surface area contributed by atoms with Gasteiger partial charge in [0.15, 0.2) is 0 Å². The number of hydrogen-bond donors (Lipinski definition) is 1. The molecule has 0 amide bonds. The number of fused-ring (bicyclic) bond motifs is 1. The van der Waals surface area contributed by atoms with Crippen LogP contribution in [0.4, 0.5) is 0 Å². The molecule has 1 aromatic heterocycles. The largest absolute Gasteiger partial charge is 0.438 e. The molecule has 0 saturated carbocycles. The maximum atomic E-state index is 5.86. The first-order chi connectivity index (χ1) is 10.3. The molecule has 0 unspecified atom stereocenters. The molecule has 0 saturated heterocycles. The molecule has 21 heavy (non-hydrogen) atoms. The Kier molecular flexibility index (Phi) is 4.18. The van der Waals surface area contributed by atoms with E-state index >= 15 is 0 Å². The van der Waals surface area contributed by atoms with Gasteiger partial charge in [-0.05, 0) is 51.3 Å². The average Bonchev–Trinajstić information content (AvgIpc) is 2.52. The SMILES string of the molecule is NCCc1ccc(Oc2ccc3ccccc3c2Br)nc1. The summed E-state index contributed by atoms with van der Waals surface area (Å²) in [6.45, 7) is 0.623. The van der Waals surface area contributed by atoms with Gasteiger partial charge in [-0.15, -0.1) is 0 Å². The van der Waals surface area contributed by atoms with Crippen molar-refractivity contribution in [3.63, 3.8) is 0 Å². The molecule has 0 bridgehead atoms. The van der Waals surface area contributed by atoms with Crippen LogP contribution in [0, 0.1) is 0 Å². The van der Waals surface area contributed by atoms with Crippen molar-refractivity contribution in [2.24, 2.45) is 5.73 Å². The van der Waals surface area contributed by atoms with Gasteiger partial charge >= 0.3 is 0 Å². The number of benzene rings is 2. The van der Waals surface area contributed by atoms with Gasteiger partial charge in [0.1, 0.15) is 5.75 Å². The summed E-state index contributed by atoms with van der Waals surface area (Å²) in [5, 5.41) is 2.29. The maximum absolute atomic E-state index is 5.86. The molecule has 0 aliphatic heterocycles. The number of nitrogens with two attached hydrogens (primary N) is 1. The van der Waals surface area contributed by atoms with Crippen LogP contribution in [0.2, 0.25) is 0 Å². The van der Waals surface area contributed by atoms with Crippen LogP contribution in [-0.4, -0.2) is 11.5 Å². The van der Waals surface area contributed by atoms with Gasteiger partial charge in [-0.1, -0.05) is 36.4 Å². The van der Waals surface area contributed by atoms with Crippen LogP contribution in [0.5, 0.6) is 11.6 Å². The van der Waals surface area contributed by atoms with Gasteiger partial charge < -0.3 is 10.5 Å². The summed E-state index contributed by atoms with van der Waals surface area (Å²) in [5.74, 6) is 1.33. The van der Waals surface area contributed by atoms with Crippen LogP contribution in [0.1, 0.15) is 5.56 Å². The molecule has 0 aliphatic carbocycles. The highest BCUT2D eigenvalue weighted by Crippen LogP contribution is 2.35. The van der Waals surface area contributed by atoms with Crippen LogP contribution < -0.4 is 10.5 Å². The van der Waals surface area contributed by atoms with Crippen LogP contribution in [0.15, 0.2) is 59.2 Å². The summed E-state index contributed by atoms with van der Waals surface area (Å²) in [7, 11) is 0. The van der Waals surface area contributed by atoms with E-state index in [0.717, 1.165) is 27.6 Å². The highest BCUT2D eigenvalue weighted by molar-refractivity contribution is 9.10. The lowest BCUT2D eigenvalue weighted by Crippen LogP contribution is -2.02. The topological polar surface area (TPSA) is 48.1 Å². The molecular weight excluding hydrogens is 328 g/mol. The third-order valence-corrected chi connectivity index (χ3v) is 4.09. The zero-order valence-electron chi connectivity index (χ0n) is 11.4. The highest BCUT2D eigenvalue weighted by Gasteiger charge is 2.07. The Hall–Kier alpha value is -1.91. The number of pyridine rings is 1. The van der Waals surface area contributed by atoms with Gasteiger partial charge in [0, 0.05) is 12.3 Å². The molecule has 0 spiro atoms. The Morgan fingerprint density at radius 2 is 1.90 bits per heavy atom. The summed E-state index contributed by atoms with van der Waals surface area (Å²) < 4.78 is 6.80. The molecule has 2 aromatic carbocycles. The zero-order chi connectivity index (χ0) is 14.7. The molecule has 0 fully saturated rings. The Labute approximate surface area is 131 Å². The summed E-state index contributed by atoms with van der Waals surface area (Å²) in [4.78, 5) is 4.32. The van der Waals surface area contributed by atoms with E-state index in [4.69, 9.17) is 10.5 Å². The van der Waals surface area contributed by atoms with Crippen molar-refractivity contribution in [3.8, 4) is 11.6 Å². The highest BCUT2D eigenvalue weighted by atomic mass is 79.9. The molecule has 0 aliphatic rings. The van der Waals surface area contributed by atoms with Crippen LogP contribution in [0.3, 0.4) is 0 Å². The number of ether oxygens (including phenoxy) is 1. The lowest BCUT2D eigenvalue weighted by atomic mass is 10.1. The monoisotopic (exact) mass is 342 g/mol. The van der Waals surface area contributed by atoms with Crippen molar-refractivity contribution < 1.29 is 4.74 Å². The van der Waals surface area contributed by atoms with Gasteiger partial charge in [0.05, 0.1) is 4.47 Å². The van der Waals surface area contributed by atoms with Crippen molar-refractivity contribution in [2.75, 3.05) is 6.54 Å². The van der Waals surface area contributed by atoms with Crippen LogP contribution in [0.25, 0.3) is 10.8 Å². The van der Waals surface area contributed by atoms with Crippen molar-refractivity contribution >= 4 is 26.7 Å². The fourth-order valence-corrected chi connectivity index (χ4v) is 2.77. The third kappa shape index (κ3) is 3.06. The molecule has 106 valence electrons. The lowest BCUT2D eigenvalue weighted by molar-refractivity contribution is 0.460. The smallest absolute Gasteiger partial charge is 0.219 e. The van der Waals surface area contributed by atoms with E-state index in [1.165, 1.54) is 5.39 Å². The Balaban J connectivity index is 1.89. The fourth-order valence-electron chi connectivity index (χ4n) is 2.19. The van der Waals surface area contributed by atoms with Gasteiger partial charge in [-0.2, -0.15) is 0 Å². The molecule has 2 N–H and O–H groups in total. The Morgan fingerprint density at radius 1 is 1.05 bits per heavy atom. The van der Waals surface area contributed by atoms with Crippen molar-refractivity contribution in [2.45, 2.75) is 6.42 Å². The first-order valence-corrected chi connectivity index (χ1v) is 7.57. The summed E-state index contributed by atoms with van der Waals surface area (Å²) in [6, 6.07) is 16.0. The summed E-state index contributed by atoms with van der Waals surface area (Å²) >= 11 is 3.61. The van der Waals surface area contributed by atoms with Crippen molar-refractivity contribution in [1.82, 2.24) is 4.98 Å². The number of halogens is 1. The fraction of sp³-hybridized carbons (Fsp3) is 0.118. The van der Waals surface area contributed by atoms with E-state index in [0.29, 0.717) is 12.4 Å². The first-order valence-electron chi connectivity index (χ1n) is 6.78. The maximum Gasteiger partial charge on any atom is 0.219 e. The number of hydrogen-bond acceptors (Lipinski definition) is 3. The number of aromatic nitrogens is 1. The number of nitrogens with zero attached hydrogens (tertiary/aromatic N) is 1. The van der Waals surface area contributed by atoms with E-state index in [2.05, 4.69) is 33.0 Å². The van der Waals surface area contributed by atoms with Crippen molar-refractivity contribution in [1.29, 1.82) is 0 Å². The standard InChI is InChI=1S/C17H15BrN2O/c18-17-14-4-2-1-3-13(14)6-7-15(17)21-16-8-5-12(9-10-19)11-20-16/h1-8,11H,9-10,19H2. The quantitative estimate of drug-likeness (QED) is 0.769. The predicted octanol–water partition coefficient (Wildman–Crippen LogP) is 4.29. The zero-order valence-corrected chi connectivity index (χ0v) is 13.0. The Morgan fingerprint density at radius 3 is 2.67 bits per heavy atom. The normalized spacial score (nSPS) is 10.8. The minimum absolute atomic E-state index is 0.576. The molecule has 3 aromatic rings. The van der Waals surface area contributed by atoms with Gasteiger partial charge in [-0.25, -0.2) is 4.98 Å². The van der Waals surface area contributed by atoms with Gasteiger partial charge in [-0.3, -0.25) is 0 Å². The first kappa shape index (κ1) is 14.0. The third-order valence-electron chi connectivity index (χ3n) is 3.27. The average molecular weight is 343 g/mol. The lowest BCUT2D eigenvalue weighted by Gasteiger charge is -2.09. The second-order valence-electron chi connectivity index (χ2n) is 4.74. The van der Waals surface area contributed by atoms with Crippen LogP contribution in [-0.2, 0) is 6.42 Å². The Bertz CT molecular complexity index is 756. The van der Waals surface area contributed by atoms with Crippen LogP contribution >= 0.6 is 15.9 Å². The van der Waals surface area contributed by atoms with Crippen molar-refractivity contribution in [3.05, 3.63) is 64.8 Å². The minimum Gasteiger partial charge on any atom is -0.438 e. The molecular formula is C17H15BrN2O. The van der Waals surface area contributed by atoms with E-state index in [9.17, 15) is 0 Å². The number of rotatable bonds is 4.